The first-order valence-electron chi connectivity index (χ1n) is 9.04. The van der Waals surface area contributed by atoms with Crippen LogP contribution in [-0.4, -0.2) is 59.5 Å². The Morgan fingerprint density at radius 1 is 1.21 bits per heavy atom. The van der Waals surface area contributed by atoms with E-state index < -0.39 is 0 Å². The van der Waals surface area contributed by atoms with Gasteiger partial charge in [-0.1, -0.05) is 20.8 Å². The summed E-state index contributed by atoms with van der Waals surface area (Å²) in [5, 5.41) is 2.98. The maximum absolute atomic E-state index is 12.1. The summed E-state index contributed by atoms with van der Waals surface area (Å²) in [6, 6.07) is 1.98. The first kappa shape index (κ1) is 18.6. The van der Waals surface area contributed by atoms with Gasteiger partial charge in [0.2, 0.25) is 5.91 Å². The molecule has 2 rings (SSSR count). The second-order valence-electron chi connectivity index (χ2n) is 6.87. The van der Waals surface area contributed by atoms with Crippen LogP contribution < -0.4 is 10.2 Å². The first-order chi connectivity index (χ1) is 11.4. The van der Waals surface area contributed by atoms with E-state index in [-0.39, 0.29) is 11.9 Å². The fourth-order valence-electron chi connectivity index (χ4n) is 2.89. The summed E-state index contributed by atoms with van der Waals surface area (Å²) in [4.78, 5) is 25.9. The van der Waals surface area contributed by atoms with Crippen LogP contribution in [0.1, 0.15) is 51.6 Å². The number of anilines is 1. The Hall–Kier alpha value is -1.69. The Morgan fingerprint density at radius 2 is 1.88 bits per heavy atom. The number of hydrogen-bond acceptors (Lipinski definition) is 5. The Kier molecular flexibility index (Phi) is 6.54. The number of carbonyl (C=O) groups excluding carboxylic acids is 1. The number of rotatable bonds is 6. The molecule has 0 bridgehead atoms. The fourth-order valence-corrected chi connectivity index (χ4v) is 2.89. The molecule has 0 radical (unpaired) electrons. The van der Waals surface area contributed by atoms with Crippen LogP contribution in [0.4, 0.5) is 5.82 Å². The van der Waals surface area contributed by atoms with Gasteiger partial charge in [-0.15, -0.1) is 0 Å². The first-order valence-corrected chi connectivity index (χ1v) is 9.04. The van der Waals surface area contributed by atoms with Gasteiger partial charge in [0.15, 0.2) is 0 Å². The molecule has 1 atom stereocenters. The molecular formula is C18H31N5O. The van der Waals surface area contributed by atoms with Crippen molar-refractivity contribution in [2.45, 2.75) is 53.0 Å². The number of carbonyl (C=O) groups is 1. The predicted molar refractivity (Wildman–Crippen MR) is 97.4 cm³/mol. The van der Waals surface area contributed by atoms with Crippen molar-refractivity contribution < 1.29 is 4.79 Å². The Bertz CT molecular complexity index is 552. The standard InChI is InChI=1S/C18H31N5O/c1-6-7-19-18(24)15(5)22-8-10-23(11-9-22)16-12-14(4)20-17(21-16)13(2)3/h12-13,15H,6-11H2,1-5H3,(H,19,24). The van der Waals surface area contributed by atoms with E-state index in [1.165, 1.54) is 0 Å². The van der Waals surface area contributed by atoms with Crippen LogP contribution in [0.5, 0.6) is 0 Å². The summed E-state index contributed by atoms with van der Waals surface area (Å²) in [6.45, 7) is 14.6. The lowest BCUT2D eigenvalue weighted by Gasteiger charge is -2.38. The lowest BCUT2D eigenvalue weighted by atomic mass is 10.2. The molecule has 1 aliphatic rings. The molecule has 6 heteroatoms. The highest BCUT2D eigenvalue weighted by Crippen LogP contribution is 2.19. The van der Waals surface area contributed by atoms with Crippen LogP contribution in [0.3, 0.4) is 0 Å². The summed E-state index contributed by atoms with van der Waals surface area (Å²) in [5.74, 6) is 2.37. The van der Waals surface area contributed by atoms with Gasteiger partial charge in [0.1, 0.15) is 11.6 Å². The van der Waals surface area contributed by atoms with Gasteiger partial charge in [0, 0.05) is 50.4 Å². The number of aromatic nitrogens is 2. The van der Waals surface area contributed by atoms with E-state index in [0.717, 1.165) is 56.5 Å². The molecule has 2 heterocycles. The van der Waals surface area contributed by atoms with Crippen molar-refractivity contribution in [3.63, 3.8) is 0 Å². The van der Waals surface area contributed by atoms with Crippen LogP contribution >= 0.6 is 0 Å². The van der Waals surface area contributed by atoms with Gasteiger partial charge in [-0.2, -0.15) is 0 Å². The molecule has 1 saturated heterocycles. The lowest BCUT2D eigenvalue weighted by molar-refractivity contribution is -0.126. The Balaban J connectivity index is 1.96. The highest BCUT2D eigenvalue weighted by molar-refractivity contribution is 5.81. The van der Waals surface area contributed by atoms with E-state index in [1.54, 1.807) is 0 Å². The molecule has 0 spiro atoms. The van der Waals surface area contributed by atoms with Gasteiger partial charge in [-0.3, -0.25) is 9.69 Å². The fraction of sp³-hybridized carbons (Fsp3) is 0.722. The normalized spacial score (nSPS) is 17.2. The predicted octanol–water partition coefficient (Wildman–Crippen LogP) is 1.95. The third-order valence-corrected chi connectivity index (χ3v) is 4.49. The second-order valence-corrected chi connectivity index (χ2v) is 6.87. The molecule has 1 aromatic heterocycles. The van der Waals surface area contributed by atoms with Crippen molar-refractivity contribution in [1.82, 2.24) is 20.2 Å². The molecule has 1 aromatic rings. The largest absolute Gasteiger partial charge is 0.355 e. The smallest absolute Gasteiger partial charge is 0.237 e. The number of piperazine rings is 1. The average Bonchev–Trinajstić information content (AvgIpc) is 2.58. The van der Waals surface area contributed by atoms with E-state index in [2.05, 4.69) is 46.9 Å². The number of nitrogens with one attached hydrogen (secondary N) is 1. The molecular weight excluding hydrogens is 302 g/mol. The van der Waals surface area contributed by atoms with Gasteiger partial charge in [-0.25, -0.2) is 9.97 Å². The summed E-state index contributed by atoms with van der Waals surface area (Å²) in [6.07, 6.45) is 0.970. The lowest BCUT2D eigenvalue weighted by Crippen LogP contribution is -2.54. The van der Waals surface area contributed by atoms with Gasteiger partial charge < -0.3 is 10.2 Å². The summed E-state index contributed by atoms with van der Waals surface area (Å²) < 4.78 is 0. The van der Waals surface area contributed by atoms with Crippen molar-refractivity contribution in [2.75, 3.05) is 37.6 Å². The highest BCUT2D eigenvalue weighted by atomic mass is 16.2. The van der Waals surface area contributed by atoms with E-state index >= 15 is 0 Å². The van der Waals surface area contributed by atoms with Crippen LogP contribution in [0.15, 0.2) is 6.07 Å². The summed E-state index contributed by atoms with van der Waals surface area (Å²) in [7, 11) is 0. The minimum atomic E-state index is -0.0722. The van der Waals surface area contributed by atoms with Gasteiger partial charge in [0.25, 0.3) is 0 Å². The average molecular weight is 333 g/mol. The second kappa shape index (κ2) is 8.42. The minimum absolute atomic E-state index is 0.0722. The quantitative estimate of drug-likeness (QED) is 0.862. The summed E-state index contributed by atoms with van der Waals surface area (Å²) >= 11 is 0. The number of nitrogens with zero attached hydrogens (tertiary/aromatic N) is 4. The number of hydrogen-bond donors (Lipinski definition) is 1. The monoisotopic (exact) mass is 333 g/mol. The molecule has 1 aliphatic heterocycles. The Morgan fingerprint density at radius 3 is 2.46 bits per heavy atom. The zero-order valence-electron chi connectivity index (χ0n) is 15.7. The van der Waals surface area contributed by atoms with E-state index in [0.29, 0.717) is 5.92 Å². The molecule has 0 aliphatic carbocycles. The Labute approximate surface area is 145 Å². The third-order valence-electron chi connectivity index (χ3n) is 4.49. The van der Waals surface area contributed by atoms with Crippen molar-refractivity contribution in [2.24, 2.45) is 0 Å². The highest BCUT2D eigenvalue weighted by Gasteiger charge is 2.26. The maximum atomic E-state index is 12.1. The van der Waals surface area contributed by atoms with E-state index in [9.17, 15) is 4.79 Å². The molecule has 1 amide bonds. The molecule has 1 fully saturated rings. The zero-order valence-corrected chi connectivity index (χ0v) is 15.7. The SMILES string of the molecule is CCCNC(=O)C(C)N1CCN(c2cc(C)nc(C(C)C)n2)CC1. The maximum Gasteiger partial charge on any atom is 0.237 e. The van der Waals surface area contributed by atoms with Crippen molar-refractivity contribution in [3.8, 4) is 0 Å². The van der Waals surface area contributed by atoms with Gasteiger partial charge in [0.05, 0.1) is 6.04 Å². The third kappa shape index (κ3) is 4.66. The zero-order chi connectivity index (χ0) is 17.7. The van der Waals surface area contributed by atoms with Crippen molar-refractivity contribution in [1.29, 1.82) is 0 Å². The van der Waals surface area contributed by atoms with E-state index in [4.69, 9.17) is 4.98 Å². The minimum Gasteiger partial charge on any atom is -0.355 e. The van der Waals surface area contributed by atoms with Crippen LogP contribution in [0.25, 0.3) is 0 Å². The topological polar surface area (TPSA) is 61.4 Å². The van der Waals surface area contributed by atoms with Crippen LogP contribution in [-0.2, 0) is 4.79 Å². The molecule has 0 saturated carbocycles. The molecule has 24 heavy (non-hydrogen) atoms. The molecule has 1 N–H and O–H groups in total. The summed E-state index contributed by atoms with van der Waals surface area (Å²) in [5.41, 5.74) is 1.01. The molecule has 134 valence electrons. The molecule has 1 unspecified atom stereocenters. The van der Waals surface area contributed by atoms with Crippen LogP contribution in [0, 0.1) is 6.92 Å². The van der Waals surface area contributed by atoms with Gasteiger partial charge in [-0.05, 0) is 20.3 Å². The van der Waals surface area contributed by atoms with Crippen LogP contribution in [0.2, 0.25) is 0 Å². The number of aryl methyl sites for hydroxylation is 1. The van der Waals surface area contributed by atoms with Crippen molar-refractivity contribution in [3.05, 3.63) is 17.6 Å². The molecule has 0 aromatic carbocycles. The molecule has 6 nitrogen and oxygen atoms in total. The van der Waals surface area contributed by atoms with E-state index in [1.807, 2.05) is 13.8 Å². The number of amides is 1. The van der Waals surface area contributed by atoms with Gasteiger partial charge >= 0.3 is 0 Å². The van der Waals surface area contributed by atoms with Crippen molar-refractivity contribution >= 4 is 11.7 Å².